The Morgan fingerprint density at radius 3 is 2.16 bits per heavy atom. The second-order valence-electron chi connectivity index (χ2n) is 21.2. The molecule has 7 rings (SSSR count). The van der Waals surface area contributed by atoms with Crippen LogP contribution in [0.15, 0.2) is 83.2 Å². The van der Waals surface area contributed by atoms with Crippen molar-refractivity contribution in [2.45, 2.75) is 91.0 Å². The molecule has 2 aliphatic heterocycles. The number of aromatic nitrogens is 2. The molecule has 5 atom stereocenters. The number of nitrogens with zero attached hydrogens (tertiary/aromatic N) is 4. The Hall–Kier alpha value is -7.09. The Morgan fingerprint density at radius 2 is 1.52 bits per heavy atom. The van der Waals surface area contributed by atoms with Crippen LogP contribution in [-0.4, -0.2) is 158 Å². The highest BCUT2D eigenvalue weighted by Crippen LogP contribution is 2.37. The molecule has 2 fully saturated rings. The van der Waals surface area contributed by atoms with Crippen LogP contribution in [0.4, 0.5) is 28.9 Å². The summed E-state index contributed by atoms with van der Waals surface area (Å²) in [5.41, 5.74) is 1.54. The molecular formula is C57H69F4N9O10S. The number of aromatic amines is 1. The zero-order chi connectivity index (χ0) is 58.8. The van der Waals surface area contributed by atoms with E-state index in [1.165, 1.54) is 23.1 Å². The molecule has 81 heavy (non-hydrogen) atoms. The van der Waals surface area contributed by atoms with Gasteiger partial charge in [0.25, 0.3) is 11.8 Å². The first-order chi connectivity index (χ1) is 38.4. The number of pyridine rings is 1. The second kappa shape index (κ2) is 27.1. The van der Waals surface area contributed by atoms with E-state index >= 15 is 4.39 Å². The Labute approximate surface area is 470 Å². The van der Waals surface area contributed by atoms with E-state index in [0.717, 1.165) is 27.8 Å². The minimum Gasteiger partial charge on any atom is -0.391 e. The van der Waals surface area contributed by atoms with Gasteiger partial charge in [-0.2, -0.15) is 13.2 Å². The van der Waals surface area contributed by atoms with Crippen molar-refractivity contribution in [1.29, 1.82) is 0 Å². The van der Waals surface area contributed by atoms with Gasteiger partial charge in [0.05, 0.1) is 77.7 Å². The molecular weight excluding hydrogens is 1080 g/mol. The Balaban J connectivity index is 0.822. The number of benzene rings is 3. The third-order valence-electron chi connectivity index (χ3n) is 14.2. The molecule has 436 valence electrons. The van der Waals surface area contributed by atoms with Gasteiger partial charge in [0.2, 0.25) is 23.3 Å². The maximum absolute atomic E-state index is 15.8. The van der Waals surface area contributed by atoms with Gasteiger partial charge in [-0.25, -0.2) is 9.37 Å². The van der Waals surface area contributed by atoms with Crippen molar-refractivity contribution in [2.24, 2.45) is 5.41 Å². The number of β-amino-alcohol motifs (C(OH)–C–C–N with tert-alkyl or cyclic N) is 1. The van der Waals surface area contributed by atoms with Crippen molar-refractivity contribution in [2.75, 3.05) is 83.1 Å². The summed E-state index contributed by atoms with van der Waals surface area (Å²) in [6, 6.07) is 14.8. The molecule has 4 heterocycles. The predicted molar refractivity (Wildman–Crippen MR) is 297 cm³/mol. The fraction of sp³-hybridized carbons (Fsp3) is 0.456. The zero-order valence-corrected chi connectivity index (χ0v) is 47.0. The number of aryl methyl sites for hydroxylation is 1. The molecule has 0 spiro atoms. The Bertz CT molecular complexity index is 3080. The Kier molecular flexibility index (Phi) is 20.6. The number of hydrogen-bond acceptors (Lipinski definition) is 14. The van der Waals surface area contributed by atoms with Crippen molar-refractivity contribution in [3.8, 4) is 21.6 Å². The number of amides is 5. The monoisotopic (exact) mass is 1150 g/mol. The number of alkyl halides is 3. The molecule has 5 aromatic rings. The molecule has 2 aromatic heterocycles. The fourth-order valence-corrected chi connectivity index (χ4v) is 10.4. The average molecular weight is 1150 g/mol. The first kappa shape index (κ1) is 61.5. The number of carbonyl (C=O) groups is 5. The lowest BCUT2D eigenvalue weighted by Gasteiger charge is -2.44. The van der Waals surface area contributed by atoms with Crippen LogP contribution in [0.1, 0.15) is 78.6 Å². The summed E-state index contributed by atoms with van der Waals surface area (Å²) < 4.78 is 74.2. The van der Waals surface area contributed by atoms with Crippen LogP contribution in [0.2, 0.25) is 0 Å². The normalized spacial score (nSPS) is 18.1. The quantitative estimate of drug-likeness (QED) is 0.0345. The van der Waals surface area contributed by atoms with E-state index in [4.69, 9.17) is 14.2 Å². The number of ether oxygens (including phenoxy) is 3. The standard InChI is InChI=1S/C57H69F4N9O10S/c1-33-28-69(29-34(2)68(33)7)46-15-13-38(23-45(46)66-53(75)42-27-63-48(72)25-43(42)57(59,60)61)41-14-12-39(22-44(41)58)52(74)62-16-17-78-18-19-79-20-21-80-31-49(73)67-51(56(4,5)6)55(77)70-30-40(71)24-47(70)54(76)64-26-36-8-10-37(11-9-36)50-35(3)65-32-81-50/h8-15,22-23,25,27,32-34,40,47,51,71H,16-21,24,26,28-31H2,1-7H3,(H,62,74)(H,63,72)(H,64,76)(H,66,75)(H,67,73)/t33-,34+,40-,47+,51?/m1/s1. The number of likely N-dealkylation sites (N-methyl/N-ethyl adjacent to an activating group) is 1. The fourth-order valence-electron chi connectivity index (χ4n) is 9.58. The number of aliphatic hydroxyl groups excluding tert-OH is 1. The summed E-state index contributed by atoms with van der Waals surface area (Å²) in [6.45, 7) is 12.8. The van der Waals surface area contributed by atoms with Crippen LogP contribution in [0.3, 0.4) is 0 Å². The number of piperazine rings is 1. The predicted octanol–water partition coefficient (Wildman–Crippen LogP) is 6.00. The Morgan fingerprint density at radius 1 is 0.852 bits per heavy atom. The lowest BCUT2D eigenvalue weighted by molar-refractivity contribution is -0.144. The van der Waals surface area contributed by atoms with Gasteiger partial charge in [0.1, 0.15) is 24.5 Å². The van der Waals surface area contributed by atoms with Crippen molar-refractivity contribution in [3.63, 3.8) is 0 Å². The number of aliphatic hydroxyl groups is 1. The number of halogens is 4. The van der Waals surface area contributed by atoms with Gasteiger partial charge in [-0.05, 0) is 74.2 Å². The SMILES string of the molecule is Cc1ncsc1-c1ccc(CNC(=O)[C@@H]2C[C@@H](O)CN2C(=O)C(NC(=O)COCCOCCOCCNC(=O)c2ccc(-c3ccc(N4C[C@@H](C)N(C)[C@@H](C)C4)c(NC(=O)c4c[nH]c(=O)cc4C(F)(F)F)c3)c(F)c2)C(C)(C)C)cc1. The van der Waals surface area contributed by atoms with Crippen LogP contribution in [0, 0.1) is 18.2 Å². The molecule has 0 saturated carbocycles. The number of anilines is 2. The van der Waals surface area contributed by atoms with E-state index in [0.29, 0.717) is 31.0 Å². The molecule has 2 saturated heterocycles. The smallest absolute Gasteiger partial charge is 0.391 e. The van der Waals surface area contributed by atoms with Crippen LogP contribution >= 0.6 is 11.3 Å². The molecule has 5 amide bonds. The molecule has 3 aromatic carbocycles. The third-order valence-corrected chi connectivity index (χ3v) is 15.2. The van der Waals surface area contributed by atoms with Gasteiger partial charge in [-0.3, -0.25) is 33.7 Å². The van der Waals surface area contributed by atoms with Gasteiger partial charge >= 0.3 is 6.18 Å². The number of likely N-dealkylation sites (tertiary alicyclic amines) is 1. The van der Waals surface area contributed by atoms with E-state index < -0.39 is 81.8 Å². The molecule has 24 heteroatoms. The van der Waals surface area contributed by atoms with Crippen LogP contribution in [0.5, 0.6) is 0 Å². The second-order valence-corrected chi connectivity index (χ2v) is 22.1. The van der Waals surface area contributed by atoms with E-state index in [2.05, 4.69) is 36.1 Å². The minimum absolute atomic E-state index is 0.00842. The first-order valence-corrected chi connectivity index (χ1v) is 27.4. The highest BCUT2D eigenvalue weighted by atomic mass is 32.1. The molecule has 0 bridgehead atoms. The number of rotatable bonds is 22. The maximum Gasteiger partial charge on any atom is 0.417 e. The molecule has 6 N–H and O–H groups in total. The van der Waals surface area contributed by atoms with Crippen LogP contribution < -0.4 is 31.7 Å². The number of thiazole rings is 1. The molecule has 0 aliphatic carbocycles. The number of hydrogen-bond donors (Lipinski definition) is 6. The molecule has 2 aliphatic rings. The van der Waals surface area contributed by atoms with Gasteiger partial charge in [0, 0.05) is 74.6 Å². The molecule has 0 radical (unpaired) electrons. The number of H-pyrrole nitrogens is 1. The summed E-state index contributed by atoms with van der Waals surface area (Å²) in [4.78, 5) is 91.8. The maximum atomic E-state index is 15.8. The summed E-state index contributed by atoms with van der Waals surface area (Å²) in [6.07, 6.45) is -5.17. The van der Waals surface area contributed by atoms with E-state index in [-0.39, 0.29) is 100 Å². The topological polar surface area (TPSA) is 237 Å². The lowest BCUT2D eigenvalue weighted by atomic mass is 9.85. The summed E-state index contributed by atoms with van der Waals surface area (Å²) in [7, 11) is 1.98. The van der Waals surface area contributed by atoms with Crippen LogP contribution in [0.25, 0.3) is 21.6 Å². The minimum atomic E-state index is -5.00. The van der Waals surface area contributed by atoms with Gasteiger partial charge in [-0.1, -0.05) is 57.2 Å². The third kappa shape index (κ3) is 16.1. The lowest BCUT2D eigenvalue weighted by Crippen LogP contribution is -2.58. The molecule has 19 nitrogen and oxygen atoms in total. The van der Waals surface area contributed by atoms with Crippen molar-refractivity contribution < 1.29 is 60.9 Å². The van der Waals surface area contributed by atoms with Crippen LogP contribution in [-0.2, 0) is 41.3 Å². The highest BCUT2D eigenvalue weighted by Gasteiger charge is 2.45. The summed E-state index contributed by atoms with van der Waals surface area (Å²) in [5, 5.41) is 21.4. The highest BCUT2D eigenvalue weighted by molar-refractivity contribution is 7.13. The summed E-state index contributed by atoms with van der Waals surface area (Å²) >= 11 is 1.55. The van der Waals surface area contributed by atoms with E-state index in [1.54, 1.807) is 49.8 Å². The zero-order valence-electron chi connectivity index (χ0n) is 46.2. The van der Waals surface area contributed by atoms with Crippen molar-refractivity contribution in [1.82, 2.24) is 35.7 Å². The van der Waals surface area contributed by atoms with E-state index in [1.807, 2.05) is 57.0 Å². The van der Waals surface area contributed by atoms with Gasteiger partial charge in [-0.15, -0.1) is 11.3 Å². The number of carbonyl (C=O) groups excluding carboxylic acids is 5. The number of nitrogens with one attached hydrogen (secondary N) is 5. The van der Waals surface area contributed by atoms with Gasteiger partial charge < -0.3 is 55.4 Å². The average Bonchev–Trinajstić information content (AvgIpc) is 4.22. The van der Waals surface area contributed by atoms with E-state index in [9.17, 15) is 47.0 Å². The summed E-state index contributed by atoms with van der Waals surface area (Å²) in [5.74, 6) is -3.97. The van der Waals surface area contributed by atoms with Crippen molar-refractivity contribution >= 4 is 52.2 Å². The largest absolute Gasteiger partial charge is 0.417 e. The van der Waals surface area contributed by atoms with Gasteiger partial charge in [0.15, 0.2) is 0 Å². The molecule has 1 unspecified atom stereocenters. The first-order valence-electron chi connectivity index (χ1n) is 26.5. The van der Waals surface area contributed by atoms with Crippen molar-refractivity contribution in [3.05, 3.63) is 123 Å².